The van der Waals surface area contributed by atoms with Gasteiger partial charge in [0.15, 0.2) is 0 Å². The molecule has 0 aliphatic carbocycles. The average Bonchev–Trinajstić information content (AvgIpc) is 2.75. The van der Waals surface area contributed by atoms with Crippen LogP contribution in [0.25, 0.3) is 0 Å². The Balaban J connectivity index is 2.46. The zero-order valence-corrected chi connectivity index (χ0v) is 11.0. The topological polar surface area (TPSA) is 21.3 Å². The third-order valence-electron chi connectivity index (χ3n) is 3.68. The first kappa shape index (κ1) is 13.3. The molecule has 0 radical (unpaired) electrons. The largest absolute Gasteiger partial charge is 0.496 e. The normalized spacial score (nSPS) is 24.3. The molecule has 1 heterocycles. The molecule has 1 aromatic rings. The minimum absolute atomic E-state index is 0.0441. The molecule has 4 heteroatoms. The number of nitrogens with one attached hydrogen (secondary N) is 1. The summed E-state index contributed by atoms with van der Waals surface area (Å²) in [6.07, 6.45) is 2.04. The fourth-order valence-electron chi connectivity index (χ4n) is 2.54. The molecular formula is C14H19F2NO. The molecule has 1 saturated heterocycles. The first-order valence-electron chi connectivity index (χ1n) is 6.19. The fourth-order valence-corrected chi connectivity index (χ4v) is 2.54. The van der Waals surface area contributed by atoms with E-state index in [0.717, 1.165) is 31.9 Å². The van der Waals surface area contributed by atoms with E-state index in [-0.39, 0.29) is 16.9 Å². The van der Waals surface area contributed by atoms with Gasteiger partial charge >= 0.3 is 0 Å². The molecule has 0 bridgehead atoms. The molecule has 1 aliphatic heterocycles. The van der Waals surface area contributed by atoms with Crippen LogP contribution in [0.4, 0.5) is 8.78 Å². The summed E-state index contributed by atoms with van der Waals surface area (Å²) in [5.74, 6) is -2.65. The molecule has 1 N–H and O–H groups in total. The van der Waals surface area contributed by atoms with Crippen LogP contribution in [0.5, 0.6) is 5.75 Å². The number of alkyl halides is 2. The molecule has 1 unspecified atom stereocenters. The van der Waals surface area contributed by atoms with Gasteiger partial charge < -0.3 is 10.1 Å². The zero-order valence-electron chi connectivity index (χ0n) is 11.0. The molecule has 18 heavy (non-hydrogen) atoms. The highest BCUT2D eigenvalue weighted by Crippen LogP contribution is 2.39. The van der Waals surface area contributed by atoms with Crippen molar-refractivity contribution in [2.75, 3.05) is 13.7 Å². The summed E-state index contributed by atoms with van der Waals surface area (Å²) < 4.78 is 32.2. The number of hydrogen-bond acceptors (Lipinski definition) is 2. The van der Waals surface area contributed by atoms with Crippen molar-refractivity contribution in [2.45, 2.75) is 38.2 Å². The molecule has 1 atom stereocenters. The lowest BCUT2D eigenvalue weighted by atomic mass is 9.88. The molecule has 1 aliphatic rings. The van der Waals surface area contributed by atoms with E-state index >= 15 is 0 Å². The van der Waals surface area contributed by atoms with E-state index in [0.29, 0.717) is 0 Å². The van der Waals surface area contributed by atoms with Crippen LogP contribution >= 0.6 is 0 Å². The predicted molar refractivity (Wildman–Crippen MR) is 67.2 cm³/mol. The summed E-state index contributed by atoms with van der Waals surface area (Å²) in [6, 6.07) is 5.07. The zero-order chi connectivity index (χ0) is 13.4. The van der Waals surface area contributed by atoms with Crippen molar-refractivity contribution in [1.82, 2.24) is 5.32 Å². The minimum Gasteiger partial charge on any atom is -0.496 e. The molecule has 0 spiro atoms. The van der Waals surface area contributed by atoms with E-state index in [1.165, 1.54) is 7.11 Å². The lowest BCUT2D eigenvalue weighted by Gasteiger charge is -2.27. The maximum atomic E-state index is 13.6. The Morgan fingerprint density at radius 2 is 2.11 bits per heavy atom. The lowest BCUT2D eigenvalue weighted by molar-refractivity contribution is 0.0149. The molecule has 0 amide bonds. The van der Waals surface area contributed by atoms with Crippen molar-refractivity contribution in [2.24, 2.45) is 0 Å². The summed E-state index contributed by atoms with van der Waals surface area (Å²) in [5.41, 5.74) is 0.654. The third-order valence-corrected chi connectivity index (χ3v) is 3.68. The Kier molecular flexibility index (Phi) is 3.32. The lowest BCUT2D eigenvalue weighted by Crippen LogP contribution is -2.33. The van der Waals surface area contributed by atoms with E-state index in [9.17, 15) is 8.78 Å². The van der Waals surface area contributed by atoms with Crippen LogP contribution in [0.3, 0.4) is 0 Å². The van der Waals surface area contributed by atoms with Gasteiger partial charge in [0.1, 0.15) is 5.75 Å². The van der Waals surface area contributed by atoms with Crippen molar-refractivity contribution >= 4 is 0 Å². The van der Waals surface area contributed by atoms with Gasteiger partial charge in [0.05, 0.1) is 12.7 Å². The highest BCUT2D eigenvalue weighted by molar-refractivity contribution is 5.42. The first-order chi connectivity index (χ1) is 8.37. The van der Waals surface area contributed by atoms with Crippen molar-refractivity contribution in [3.8, 4) is 5.75 Å². The number of hydrogen-bond donors (Lipinski definition) is 1. The molecule has 100 valence electrons. The predicted octanol–water partition coefficient (Wildman–Crippen LogP) is 3.41. The van der Waals surface area contributed by atoms with Gasteiger partial charge in [0, 0.05) is 12.5 Å². The first-order valence-corrected chi connectivity index (χ1v) is 6.19. The number of rotatable bonds is 3. The van der Waals surface area contributed by atoms with Crippen LogP contribution in [0.15, 0.2) is 18.2 Å². The Labute approximate surface area is 106 Å². The summed E-state index contributed by atoms with van der Waals surface area (Å²) in [4.78, 5) is 0. The smallest absolute Gasteiger partial charge is 0.274 e. The van der Waals surface area contributed by atoms with Crippen LogP contribution in [0, 0.1) is 0 Å². The van der Waals surface area contributed by atoms with Crippen LogP contribution < -0.4 is 10.1 Å². The van der Waals surface area contributed by atoms with E-state index in [2.05, 4.69) is 12.2 Å². The second-order valence-corrected chi connectivity index (χ2v) is 5.17. The molecule has 2 rings (SSSR count). The highest BCUT2D eigenvalue weighted by Gasteiger charge is 2.34. The third kappa shape index (κ3) is 2.34. The summed E-state index contributed by atoms with van der Waals surface area (Å²) in [5, 5.41) is 3.38. The van der Waals surface area contributed by atoms with Gasteiger partial charge in [-0.1, -0.05) is 6.07 Å². The molecular weight excluding hydrogens is 236 g/mol. The van der Waals surface area contributed by atoms with Gasteiger partial charge in [0.25, 0.3) is 5.92 Å². The number of methoxy groups -OCH3 is 1. The minimum atomic E-state index is -2.89. The monoisotopic (exact) mass is 255 g/mol. The quantitative estimate of drug-likeness (QED) is 0.893. The second kappa shape index (κ2) is 4.50. The van der Waals surface area contributed by atoms with Crippen LogP contribution in [0.1, 0.15) is 37.8 Å². The van der Waals surface area contributed by atoms with Gasteiger partial charge in [-0.15, -0.1) is 0 Å². The van der Waals surface area contributed by atoms with Gasteiger partial charge in [-0.2, -0.15) is 0 Å². The summed E-state index contributed by atoms with van der Waals surface area (Å²) >= 11 is 0. The molecule has 1 fully saturated rings. The van der Waals surface area contributed by atoms with Crippen LogP contribution in [0.2, 0.25) is 0 Å². The SMILES string of the molecule is COc1ccc(C2(C)CCCN2)cc1C(C)(F)F. The average molecular weight is 255 g/mol. The number of benzene rings is 1. The Morgan fingerprint density at radius 3 is 2.61 bits per heavy atom. The van der Waals surface area contributed by atoms with Crippen molar-refractivity contribution < 1.29 is 13.5 Å². The van der Waals surface area contributed by atoms with Gasteiger partial charge in [-0.3, -0.25) is 0 Å². The summed E-state index contributed by atoms with van der Waals surface area (Å²) in [6.45, 7) is 3.89. The molecule has 0 aromatic heterocycles. The van der Waals surface area contributed by atoms with E-state index in [4.69, 9.17) is 4.74 Å². The Morgan fingerprint density at radius 1 is 1.39 bits per heavy atom. The molecule has 2 nitrogen and oxygen atoms in total. The fraction of sp³-hybridized carbons (Fsp3) is 0.571. The maximum absolute atomic E-state index is 13.6. The Hall–Kier alpha value is -1.16. The van der Waals surface area contributed by atoms with Gasteiger partial charge in [-0.25, -0.2) is 8.78 Å². The van der Waals surface area contributed by atoms with Crippen molar-refractivity contribution in [3.63, 3.8) is 0 Å². The number of ether oxygens (including phenoxy) is 1. The second-order valence-electron chi connectivity index (χ2n) is 5.17. The maximum Gasteiger partial charge on any atom is 0.274 e. The molecule has 0 saturated carbocycles. The summed E-state index contributed by atoms with van der Waals surface area (Å²) in [7, 11) is 1.42. The van der Waals surface area contributed by atoms with E-state index in [1.54, 1.807) is 12.1 Å². The molecule has 1 aromatic carbocycles. The van der Waals surface area contributed by atoms with E-state index < -0.39 is 5.92 Å². The van der Waals surface area contributed by atoms with Crippen molar-refractivity contribution in [3.05, 3.63) is 29.3 Å². The standard InChI is InChI=1S/C14H19F2NO/c1-13(7-4-8-17-13)10-5-6-12(18-3)11(9-10)14(2,15)16/h5-6,9,17H,4,7-8H2,1-3H3. The highest BCUT2D eigenvalue weighted by atomic mass is 19.3. The van der Waals surface area contributed by atoms with Gasteiger partial charge in [-0.05, 0) is 44.0 Å². The Bertz CT molecular complexity index is 434. The van der Waals surface area contributed by atoms with Gasteiger partial charge in [0.2, 0.25) is 0 Å². The van der Waals surface area contributed by atoms with Crippen molar-refractivity contribution in [1.29, 1.82) is 0 Å². The van der Waals surface area contributed by atoms with E-state index in [1.807, 2.05) is 6.07 Å². The van der Waals surface area contributed by atoms with Crippen LogP contribution in [-0.4, -0.2) is 13.7 Å². The van der Waals surface area contributed by atoms with Crippen LogP contribution in [-0.2, 0) is 11.5 Å². The number of halogens is 2.